The number of nitro groups is 1. The fraction of sp³-hybridized carbons (Fsp3) is 0.222. The second kappa shape index (κ2) is 5.92. The lowest BCUT2D eigenvalue weighted by atomic mass is 10.1. The minimum atomic E-state index is -4.59. The zero-order valence-electron chi connectivity index (χ0n) is 9.62. The molecule has 0 aliphatic heterocycles. The Balaban J connectivity index is 3.08. The number of nitrogens with zero attached hydrogens (tertiary/aromatic N) is 1. The molecule has 0 aliphatic rings. The molecule has 0 unspecified atom stereocenters. The van der Waals surface area contributed by atoms with Gasteiger partial charge in [-0.25, -0.2) is 0 Å². The number of amides is 1. The predicted molar refractivity (Wildman–Crippen MR) is 64.3 cm³/mol. The third kappa shape index (κ3) is 3.96. The van der Waals surface area contributed by atoms with Gasteiger partial charge in [-0.2, -0.15) is 13.2 Å². The molecule has 0 bridgehead atoms. The number of alkyl halides is 3. The summed E-state index contributed by atoms with van der Waals surface area (Å²) in [6.45, 7) is -1.56. The maximum absolute atomic E-state index is 12.0. The molecule has 11 heteroatoms. The second-order valence-corrected chi connectivity index (χ2v) is 3.96. The highest BCUT2D eigenvalue weighted by atomic mass is 35.5. The molecule has 0 saturated carbocycles. The molecular formula is C9H8ClF3N4O3. The number of carbonyl (C=O) groups is 1. The predicted octanol–water partition coefficient (Wildman–Crippen LogP) is 1.83. The summed E-state index contributed by atoms with van der Waals surface area (Å²) < 4.78 is 35.9. The van der Waals surface area contributed by atoms with E-state index in [1.54, 1.807) is 5.32 Å². The molecule has 4 N–H and O–H groups in total. The monoisotopic (exact) mass is 312 g/mol. The number of nitrogens with one attached hydrogen (secondary N) is 2. The van der Waals surface area contributed by atoms with Gasteiger partial charge in [-0.1, -0.05) is 11.6 Å². The van der Waals surface area contributed by atoms with Crippen LogP contribution >= 0.6 is 11.6 Å². The van der Waals surface area contributed by atoms with Crippen molar-refractivity contribution in [1.82, 2.24) is 5.32 Å². The summed E-state index contributed by atoms with van der Waals surface area (Å²) in [5.41, 5.74) is 0.724. The highest BCUT2D eigenvalue weighted by Crippen LogP contribution is 2.33. The van der Waals surface area contributed by atoms with Crippen LogP contribution in [-0.2, 0) is 0 Å². The zero-order valence-corrected chi connectivity index (χ0v) is 10.4. The van der Waals surface area contributed by atoms with E-state index < -0.39 is 29.2 Å². The van der Waals surface area contributed by atoms with Crippen LogP contribution in [0.3, 0.4) is 0 Å². The maximum atomic E-state index is 12.0. The van der Waals surface area contributed by atoms with Gasteiger partial charge in [0.1, 0.15) is 12.2 Å². The number of nitrogens with two attached hydrogens (primary N) is 1. The minimum Gasteiger partial charge on any atom is -0.343 e. The first-order valence-electron chi connectivity index (χ1n) is 4.95. The van der Waals surface area contributed by atoms with Gasteiger partial charge >= 0.3 is 6.18 Å². The van der Waals surface area contributed by atoms with Gasteiger partial charge in [-0.05, 0) is 6.07 Å². The largest absolute Gasteiger partial charge is 0.405 e. The van der Waals surface area contributed by atoms with E-state index in [9.17, 15) is 28.1 Å². The second-order valence-electron chi connectivity index (χ2n) is 3.55. The van der Waals surface area contributed by atoms with Crippen molar-refractivity contribution < 1.29 is 22.9 Å². The van der Waals surface area contributed by atoms with E-state index in [1.165, 1.54) is 0 Å². The van der Waals surface area contributed by atoms with Crippen LogP contribution in [0.25, 0.3) is 0 Å². The molecule has 1 aromatic carbocycles. The molecule has 1 rings (SSSR count). The fourth-order valence-electron chi connectivity index (χ4n) is 1.29. The number of carbonyl (C=O) groups excluding carboxylic acids is 1. The topological polar surface area (TPSA) is 110 Å². The molecule has 0 saturated heterocycles. The van der Waals surface area contributed by atoms with Gasteiger partial charge < -0.3 is 10.7 Å². The molecule has 0 radical (unpaired) electrons. The number of benzene rings is 1. The molecule has 0 spiro atoms. The Morgan fingerprint density at radius 3 is 2.50 bits per heavy atom. The molecule has 20 heavy (non-hydrogen) atoms. The number of rotatable bonds is 4. The number of hydrazine groups is 1. The van der Waals surface area contributed by atoms with E-state index in [-0.39, 0.29) is 16.3 Å². The summed E-state index contributed by atoms with van der Waals surface area (Å²) in [5.74, 6) is 3.90. The van der Waals surface area contributed by atoms with Gasteiger partial charge in [0.05, 0.1) is 9.95 Å². The molecule has 1 amide bonds. The highest BCUT2D eigenvalue weighted by Gasteiger charge is 2.28. The van der Waals surface area contributed by atoms with Gasteiger partial charge in [0.25, 0.3) is 11.6 Å². The smallest absolute Gasteiger partial charge is 0.343 e. The summed E-state index contributed by atoms with van der Waals surface area (Å²) in [4.78, 5) is 21.4. The summed E-state index contributed by atoms with van der Waals surface area (Å²) in [6.07, 6.45) is -4.59. The van der Waals surface area contributed by atoms with Crippen molar-refractivity contribution in [2.45, 2.75) is 6.18 Å². The summed E-state index contributed by atoms with van der Waals surface area (Å²) in [7, 11) is 0. The van der Waals surface area contributed by atoms with Crippen LogP contribution in [0.15, 0.2) is 12.1 Å². The SMILES string of the molecule is NNc1c(Cl)cc(C(=O)NCC(F)(F)F)cc1[N+](=O)[O-]. The Labute approximate surface area is 115 Å². The fourth-order valence-corrected chi connectivity index (χ4v) is 1.56. The van der Waals surface area contributed by atoms with Gasteiger partial charge in [0.2, 0.25) is 0 Å². The van der Waals surface area contributed by atoms with Gasteiger partial charge in [-0.3, -0.25) is 20.8 Å². The lowest BCUT2D eigenvalue weighted by Crippen LogP contribution is -2.33. The minimum absolute atomic E-state index is 0.246. The number of hydrogen-bond donors (Lipinski definition) is 3. The molecule has 1 aromatic rings. The Bertz CT molecular complexity index is 550. The Morgan fingerprint density at radius 2 is 2.05 bits per heavy atom. The normalized spacial score (nSPS) is 11.1. The first-order chi connectivity index (χ1) is 9.15. The number of hydrogen-bond acceptors (Lipinski definition) is 5. The number of nitrogen functional groups attached to an aromatic ring is 1. The average molecular weight is 313 g/mol. The van der Waals surface area contributed by atoms with Gasteiger partial charge in [-0.15, -0.1) is 0 Å². The van der Waals surface area contributed by atoms with E-state index in [0.717, 1.165) is 12.1 Å². The third-order valence-corrected chi connectivity index (χ3v) is 2.42. The lowest BCUT2D eigenvalue weighted by molar-refractivity contribution is -0.384. The van der Waals surface area contributed by atoms with Crippen LogP contribution in [0.5, 0.6) is 0 Å². The molecule has 0 heterocycles. The Morgan fingerprint density at radius 1 is 1.45 bits per heavy atom. The van der Waals surface area contributed by atoms with Crippen LogP contribution in [0, 0.1) is 10.1 Å². The molecule has 110 valence electrons. The van der Waals surface area contributed by atoms with Crippen molar-refractivity contribution in [2.24, 2.45) is 5.84 Å². The van der Waals surface area contributed by atoms with Crippen LogP contribution in [0.4, 0.5) is 24.5 Å². The summed E-state index contributed by atoms with van der Waals surface area (Å²) in [6, 6.07) is 1.74. The van der Waals surface area contributed by atoms with Crippen molar-refractivity contribution in [1.29, 1.82) is 0 Å². The zero-order chi connectivity index (χ0) is 15.5. The van der Waals surface area contributed by atoms with Crippen molar-refractivity contribution >= 4 is 28.9 Å². The Kier molecular flexibility index (Phi) is 4.73. The van der Waals surface area contributed by atoms with Gasteiger partial charge in [0.15, 0.2) is 0 Å². The molecule has 0 aromatic heterocycles. The number of anilines is 1. The van der Waals surface area contributed by atoms with Crippen LogP contribution in [0.2, 0.25) is 5.02 Å². The third-order valence-electron chi connectivity index (χ3n) is 2.12. The number of halogens is 4. The Hall–Kier alpha value is -2.07. The van der Waals surface area contributed by atoms with E-state index in [4.69, 9.17) is 17.4 Å². The summed E-state index contributed by atoms with van der Waals surface area (Å²) in [5, 5.41) is 12.1. The first-order valence-corrected chi connectivity index (χ1v) is 5.33. The van der Waals surface area contributed by atoms with Crippen LogP contribution < -0.4 is 16.6 Å². The van der Waals surface area contributed by atoms with E-state index in [0.29, 0.717) is 0 Å². The first kappa shape index (κ1) is 16.0. The van der Waals surface area contributed by atoms with Crippen molar-refractivity contribution in [3.63, 3.8) is 0 Å². The molecule has 0 atom stereocenters. The van der Waals surface area contributed by atoms with Crippen molar-refractivity contribution in [2.75, 3.05) is 12.0 Å². The van der Waals surface area contributed by atoms with E-state index >= 15 is 0 Å². The van der Waals surface area contributed by atoms with Crippen molar-refractivity contribution in [3.05, 3.63) is 32.8 Å². The van der Waals surface area contributed by atoms with Crippen molar-refractivity contribution in [3.8, 4) is 0 Å². The molecule has 0 fully saturated rings. The molecule has 0 aliphatic carbocycles. The highest BCUT2D eigenvalue weighted by molar-refractivity contribution is 6.34. The van der Waals surface area contributed by atoms with Crippen LogP contribution in [-0.4, -0.2) is 23.6 Å². The summed E-state index contributed by atoms with van der Waals surface area (Å²) >= 11 is 5.66. The van der Waals surface area contributed by atoms with Crippen LogP contribution in [0.1, 0.15) is 10.4 Å². The van der Waals surface area contributed by atoms with E-state index in [1.807, 2.05) is 5.43 Å². The quantitative estimate of drug-likeness (QED) is 0.446. The lowest BCUT2D eigenvalue weighted by Gasteiger charge is -2.10. The standard InChI is InChI=1S/C9H8ClF3N4O3/c10-5-1-4(8(18)15-3-9(11,12)13)2-6(17(19)20)7(5)16-14/h1-2,16H,3,14H2,(H,15,18). The van der Waals surface area contributed by atoms with Gasteiger partial charge in [0, 0.05) is 11.6 Å². The average Bonchev–Trinajstić information content (AvgIpc) is 2.33. The van der Waals surface area contributed by atoms with E-state index in [2.05, 4.69) is 0 Å². The molecular weight excluding hydrogens is 305 g/mol. The maximum Gasteiger partial charge on any atom is 0.405 e. The molecule has 7 nitrogen and oxygen atoms in total. The number of nitro benzene ring substituents is 1.